The maximum absolute atomic E-state index is 6.95. The highest BCUT2D eigenvalue weighted by atomic mass is 35.5. The maximum Gasteiger partial charge on any atom is 0.0732 e. The molecule has 0 fully saturated rings. The summed E-state index contributed by atoms with van der Waals surface area (Å²) in [7, 11) is 0. The highest BCUT2D eigenvalue weighted by Gasteiger charge is 2.53. The number of rotatable bonds is 5. The Morgan fingerprint density at radius 1 is 0.356 bits per heavy atom. The summed E-state index contributed by atoms with van der Waals surface area (Å²) in [6.07, 6.45) is 0. The van der Waals surface area contributed by atoms with Gasteiger partial charge in [0, 0.05) is 27.3 Å². The average molecular weight is 770 g/mol. The van der Waals surface area contributed by atoms with Gasteiger partial charge in [-0.2, -0.15) is 0 Å². The Bertz CT molecular complexity index is 3240. The van der Waals surface area contributed by atoms with Crippen molar-refractivity contribution in [3.63, 3.8) is 0 Å². The van der Waals surface area contributed by atoms with Crippen LogP contribution in [0.15, 0.2) is 218 Å². The van der Waals surface area contributed by atoms with Crippen LogP contribution in [0.25, 0.3) is 66.1 Å². The first-order chi connectivity index (χ1) is 29.2. The molecule has 276 valence electrons. The summed E-state index contributed by atoms with van der Waals surface area (Å²) in [6, 6.07) is 80.1. The van der Waals surface area contributed by atoms with Gasteiger partial charge in [-0.25, -0.2) is 0 Å². The molecule has 0 aromatic heterocycles. The second-order valence-electron chi connectivity index (χ2n) is 15.7. The van der Waals surface area contributed by atoms with Gasteiger partial charge in [0.2, 0.25) is 0 Å². The molecule has 1 spiro atoms. The van der Waals surface area contributed by atoms with Gasteiger partial charge in [0.15, 0.2) is 0 Å². The lowest BCUT2D eigenvalue weighted by Gasteiger charge is -2.34. The highest BCUT2D eigenvalue weighted by Crippen LogP contribution is 2.66. The maximum atomic E-state index is 6.95. The van der Waals surface area contributed by atoms with Crippen molar-refractivity contribution in [2.24, 2.45) is 0 Å². The van der Waals surface area contributed by atoms with Gasteiger partial charge < -0.3 is 4.90 Å². The molecule has 0 aliphatic heterocycles. The molecule has 12 rings (SSSR count). The molecule has 10 aromatic rings. The summed E-state index contributed by atoms with van der Waals surface area (Å²) in [6.45, 7) is 0. The third kappa shape index (κ3) is 4.99. The van der Waals surface area contributed by atoms with E-state index in [4.69, 9.17) is 11.6 Å². The zero-order chi connectivity index (χ0) is 39.1. The predicted molar refractivity (Wildman–Crippen MR) is 248 cm³/mol. The van der Waals surface area contributed by atoms with Gasteiger partial charge in [-0.3, -0.25) is 0 Å². The average Bonchev–Trinajstić information content (AvgIpc) is 3.78. The van der Waals surface area contributed by atoms with Crippen molar-refractivity contribution >= 4 is 50.2 Å². The van der Waals surface area contributed by atoms with Crippen LogP contribution < -0.4 is 4.90 Å². The molecule has 2 heteroatoms. The van der Waals surface area contributed by atoms with Crippen LogP contribution in [0.5, 0.6) is 0 Å². The van der Waals surface area contributed by atoms with Crippen LogP contribution in [-0.4, -0.2) is 0 Å². The lowest BCUT2D eigenvalue weighted by Crippen LogP contribution is -2.27. The van der Waals surface area contributed by atoms with Crippen LogP contribution in [0, 0.1) is 0 Å². The van der Waals surface area contributed by atoms with E-state index in [0.717, 1.165) is 38.4 Å². The summed E-state index contributed by atoms with van der Waals surface area (Å²) in [4.78, 5) is 2.48. The number of halogens is 1. The van der Waals surface area contributed by atoms with E-state index >= 15 is 0 Å². The number of benzene rings is 10. The van der Waals surface area contributed by atoms with Gasteiger partial charge in [-0.15, -0.1) is 0 Å². The number of nitrogens with zero attached hydrogens (tertiary/aromatic N) is 1. The zero-order valence-corrected chi connectivity index (χ0v) is 32.9. The third-order valence-corrected chi connectivity index (χ3v) is 13.0. The molecule has 0 radical (unpaired) electrons. The van der Waals surface area contributed by atoms with Gasteiger partial charge in [0.25, 0.3) is 0 Å². The van der Waals surface area contributed by atoms with Crippen molar-refractivity contribution < 1.29 is 0 Å². The summed E-state index contributed by atoms with van der Waals surface area (Å²) in [5.74, 6) is 0. The Kier molecular flexibility index (Phi) is 7.57. The molecule has 0 N–H and O–H groups in total. The second-order valence-corrected chi connectivity index (χ2v) is 16.1. The van der Waals surface area contributed by atoms with E-state index in [0.29, 0.717) is 0 Å². The van der Waals surface area contributed by atoms with Gasteiger partial charge in [-0.1, -0.05) is 188 Å². The first kappa shape index (κ1) is 33.9. The zero-order valence-electron chi connectivity index (χ0n) is 32.1. The summed E-state index contributed by atoms with van der Waals surface area (Å²) in [5.41, 5.74) is 17.8. The molecule has 0 bridgehead atoms. The van der Waals surface area contributed by atoms with Crippen LogP contribution in [0.4, 0.5) is 17.1 Å². The minimum atomic E-state index is -0.563. The number of hydrogen-bond acceptors (Lipinski definition) is 1. The lowest BCUT2D eigenvalue weighted by atomic mass is 9.68. The second kappa shape index (κ2) is 13.2. The molecule has 0 saturated carbocycles. The Balaban J connectivity index is 1.21. The van der Waals surface area contributed by atoms with Crippen molar-refractivity contribution in [3.8, 4) is 44.5 Å². The smallest absolute Gasteiger partial charge is 0.0732 e. The van der Waals surface area contributed by atoms with Crippen LogP contribution in [0.1, 0.15) is 22.3 Å². The minimum absolute atomic E-state index is 0.563. The van der Waals surface area contributed by atoms with Crippen LogP contribution in [-0.2, 0) is 5.41 Å². The van der Waals surface area contributed by atoms with Crippen molar-refractivity contribution in [3.05, 3.63) is 246 Å². The van der Waals surface area contributed by atoms with Crippen LogP contribution in [0.3, 0.4) is 0 Å². The molecule has 0 saturated heterocycles. The van der Waals surface area contributed by atoms with E-state index in [1.54, 1.807) is 0 Å². The van der Waals surface area contributed by atoms with Crippen molar-refractivity contribution in [2.75, 3.05) is 4.90 Å². The van der Waals surface area contributed by atoms with E-state index < -0.39 is 5.41 Å². The van der Waals surface area contributed by atoms with Gasteiger partial charge in [0.05, 0.1) is 11.1 Å². The molecule has 2 aliphatic carbocycles. The SMILES string of the molecule is Clc1cccc2ccc(-c3ccc(N(c4ccc(-c5ccccc5)cc4)c4ccc5ccccc5c4)c4c3C3(c5ccccc5-c5ccccc53)c3ccccc3-4)cc12. The van der Waals surface area contributed by atoms with E-state index in [9.17, 15) is 0 Å². The Morgan fingerprint density at radius 3 is 1.66 bits per heavy atom. The summed E-state index contributed by atoms with van der Waals surface area (Å²) < 4.78 is 0. The largest absolute Gasteiger partial charge is 0.310 e. The van der Waals surface area contributed by atoms with Gasteiger partial charge in [0.1, 0.15) is 0 Å². The molecule has 10 aromatic carbocycles. The monoisotopic (exact) mass is 769 g/mol. The van der Waals surface area contributed by atoms with E-state index in [2.05, 4.69) is 211 Å². The number of anilines is 3. The molecular formula is C57H36ClN. The highest BCUT2D eigenvalue weighted by molar-refractivity contribution is 6.35. The van der Waals surface area contributed by atoms with Crippen LogP contribution in [0.2, 0.25) is 5.02 Å². The number of fused-ring (bicyclic) bond motifs is 12. The molecule has 0 unspecified atom stereocenters. The molecule has 0 heterocycles. The van der Waals surface area contributed by atoms with Crippen LogP contribution >= 0.6 is 11.6 Å². The van der Waals surface area contributed by atoms with Gasteiger partial charge >= 0.3 is 0 Å². The molecule has 1 nitrogen and oxygen atoms in total. The third-order valence-electron chi connectivity index (χ3n) is 12.7. The minimum Gasteiger partial charge on any atom is -0.310 e. The molecule has 0 amide bonds. The Hall–Kier alpha value is -7.19. The predicted octanol–water partition coefficient (Wildman–Crippen LogP) is 15.8. The molecule has 0 atom stereocenters. The van der Waals surface area contributed by atoms with Gasteiger partial charge in [-0.05, 0) is 120 Å². The molecule has 2 aliphatic rings. The fourth-order valence-electron chi connectivity index (χ4n) is 10.2. The first-order valence-electron chi connectivity index (χ1n) is 20.3. The topological polar surface area (TPSA) is 3.24 Å². The lowest BCUT2D eigenvalue weighted by molar-refractivity contribution is 0.795. The van der Waals surface area contributed by atoms with Crippen molar-refractivity contribution in [2.45, 2.75) is 5.41 Å². The normalized spacial score (nSPS) is 13.0. The Labute approximate surface area is 349 Å². The fourth-order valence-corrected chi connectivity index (χ4v) is 10.5. The van der Waals surface area contributed by atoms with E-state index in [1.165, 1.54) is 72.0 Å². The number of hydrogen-bond donors (Lipinski definition) is 0. The first-order valence-corrected chi connectivity index (χ1v) is 20.7. The molecular weight excluding hydrogens is 734 g/mol. The quantitative estimate of drug-likeness (QED) is 0.168. The van der Waals surface area contributed by atoms with E-state index in [1.807, 2.05) is 12.1 Å². The standard InChI is InChI=1S/C57H36ClN/c58-53-24-12-17-40-25-26-42(36-49(40)53)45-33-34-54(55-48-20-8-11-23-52(48)57(56(45)55)50-21-9-6-18-46(50)47-19-7-10-22-51(47)57)59(44-32-29-38-15-4-5-16-41(38)35-44)43-30-27-39(28-31-43)37-13-2-1-3-14-37/h1-36H. The fraction of sp³-hybridized carbons (Fsp3) is 0.0175. The summed E-state index contributed by atoms with van der Waals surface area (Å²) in [5, 5.41) is 5.36. The van der Waals surface area contributed by atoms with Crippen molar-refractivity contribution in [1.82, 2.24) is 0 Å². The molecule has 59 heavy (non-hydrogen) atoms. The summed E-state index contributed by atoms with van der Waals surface area (Å²) >= 11 is 6.95. The van der Waals surface area contributed by atoms with Crippen molar-refractivity contribution in [1.29, 1.82) is 0 Å². The van der Waals surface area contributed by atoms with E-state index in [-0.39, 0.29) is 0 Å². The Morgan fingerprint density at radius 2 is 0.915 bits per heavy atom.